The molecule has 0 aromatic rings. The van der Waals surface area contributed by atoms with E-state index in [4.69, 9.17) is 4.74 Å². The third-order valence-electron chi connectivity index (χ3n) is 3.56. The molecule has 0 heterocycles. The number of likely N-dealkylation sites (N-methyl/N-ethyl adjacent to an activating group) is 1. The van der Waals surface area contributed by atoms with Gasteiger partial charge in [0.05, 0.1) is 33.7 Å². The van der Waals surface area contributed by atoms with Gasteiger partial charge in [-0.05, 0) is 12.8 Å². The predicted octanol–water partition coefficient (Wildman–Crippen LogP) is 3.30. The van der Waals surface area contributed by atoms with Crippen molar-refractivity contribution < 1.29 is 23.9 Å². The van der Waals surface area contributed by atoms with E-state index in [1.807, 2.05) is 6.92 Å². The molecule has 0 aromatic heterocycles. The Morgan fingerprint density at radius 2 is 1.28 bits per heavy atom. The number of carboxylic acid groups (broad SMARTS) is 1. The van der Waals surface area contributed by atoms with Crippen LogP contribution in [0.5, 0.6) is 0 Å². The van der Waals surface area contributed by atoms with E-state index in [9.17, 15) is 14.7 Å². The molecule has 0 N–H and O–H groups in total. The lowest BCUT2D eigenvalue weighted by Gasteiger charge is -2.23. The summed E-state index contributed by atoms with van der Waals surface area (Å²) < 4.78 is 5.44. The summed E-state index contributed by atoms with van der Waals surface area (Å²) >= 11 is 0. The molecule has 0 aliphatic heterocycles. The first-order chi connectivity index (χ1) is 11.7. The fourth-order valence-electron chi connectivity index (χ4n) is 2.26. The number of carboxylic acids is 1. The van der Waals surface area contributed by atoms with Gasteiger partial charge in [-0.25, -0.2) is 0 Å². The van der Waals surface area contributed by atoms with Crippen LogP contribution in [-0.2, 0) is 14.3 Å². The molecule has 0 unspecified atom stereocenters. The zero-order valence-corrected chi connectivity index (χ0v) is 17.3. The summed E-state index contributed by atoms with van der Waals surface area (Å²) in [6.45, 7) is 4.92. The largest absolute Gasteiger partial charge is 0.544 e. The molecular weight excluding hydrogens is 318 g/mol. The van der Waals surface area contributed by atoms with E-state index in [-0.39, 0.29) is 12.5 Å². The highest BCUT2D eigenvalue weighted by Gasteiger charge is 2.04. The molecule has 0 amide bonds. The minimum absolute atomic E-state index is 0.0187. The summed E-state index contributed by atoms with van der Waals surface area (Å²) in [4.78, 5) is 21.1. The van der Waals surface area contributed by atoms with E-state index < -0.39 is 5.97 Å². The van der Waals surface area contributed by atoms with E-state index in [0.29, 0.717) is 17.5 Å². The second-order valence-electron chi connectivity index (χ2n) is 7.62. The van der Waals surface area contributed by atoms with E-state index in [0.717, 1.165) is 12.8 Å². The van der Waals surface area contributed by atoms with Crippen molar-refractivity contribution in [2.24, 2.45) is 0 Å². The third-order valence-corrected chi connectivity index (χ3v) is 3.56. The molecule has 0 fully saturated rings. The minimum Gasteiger partial charge on any atom is -0.544 e. The second-order valence-corrected chi connectivity index (χ2v) is 7.62. The number of carbonyl (C=O) groups is 2. The normalized spacial score (nSPS) is 10.8. The van der Waals surface area contributed by atoms with Crippen molar-refractivity contribution in [3.8, 4) is 0 Å². The molecule has 5 heteroatoms. The van der Waals surface area contributed by atoms with Gasteiger partial charge in [-0.3, -0.25) is 4.79 Å². The van der Waals surface area contributed by atoms with Crippen molar-refractivity contribution >= 4 is 11.9 Å². The van der Waals surface area contributed by atoms with Crippen LogP contribution in [-0.4, -0.2) is 50.7 Å². The highest BCUT2D eigenvalue weighted by Crippen LogP contribution is 2.10. The van der Waals surface area contributed by atoms with Crippen LogP contribution in [0.25, 0.3) is 0 Å². The zero-order chi connectivity index (χ0) is 19.6. The Morgan fingerprint density at radius 1 is 0.800 bits per heavy atom. The lowest BCUT2D eigenvalue weighted by atomic mass is 10.1. The number of rotatable bonds is 14. The van der Waals surface area contributed by atoms with Gasteiger partial charge in [0.2, 0.25) is 0 Å². The van der Waals surface area contributed by atoms with E-state index in [1.54, 1.807) is 21.1 Å². The predicted molar refractivity (Wildman–Crippen MR) is 101 cm³/mol. The number of hydrogen-bond acceptors (Lipinski definition) is 4. The monoisotopic (exact) mass is 359 g/mol. The average molecular weight is 360 g/mol. The van der Waals surface area contributed by atoms with Crippen molar-refractivity contribution in [3.63, 3.8) is 0 Å². The third kappa shape index (κ3) is 28.0. The second kappa shape index (κ2) is 17.7. The van der Waals surface area contributed by atoms with Gasteiger partial charge in [0.25, 0.3) is 0 Å². The Balaban J connectivity index is 0. The van der Waals surface area contributed by atoms with Crippen molar-refractivity contribution in [1.29, 1.82) is 0 Å². The Labute approximate surface area is 155 Å². The topological polar surface area (TPSA) is 66.4 Å². The maximum absolute atomic E-state index is 11.2. The van der Waals surface area contributed by atoms with Crippen molar-refractivity contribution in [1.82, 2.24) is 0 Å². The smallest absolute Gasteiger partial charge is 0.305 e. The summed E-state index contributed by atoms with van der Waals surface area (Å²) in [6.07, 6.45) is 13.1. The molecule has 0 rings (SSSR count). The van der Waals surface area contributed by atoms with E-state index in [1.165, 1.54) is 51.4 Å². The van der Waals surface area contributed by atoms with Gasteiger partial charge in [0, 0.05) is 6.42 Å². The number of quaternary nitrogens is 1. The number of carbonyl (C=O) groups excluding carboxylic acids is 2. The fraction of sp³-hybridized carbons (Fsp3) is 0.900. The van der Waals surface area contributed by atoms with Gasteiger partial charge in [0.15, 0.2) is 0 Å². The van der Waals surface area contributed by atoms with Crippen LogP contribution in [0, 0.1) is 0 Å². The first kappa shape index (κ1) is 26.1. The van der Waals surface area contributed by atoms with Gasteiger partial charge in [-0.15, -0.1) is 0 Å². The van der Waals surface area contributed by atoms with Crippen LogP contribution < -0.4 is 5.11 Å². The maximum Gasteiger partial charge on any atom is 0.305 e. The standard InChI is InChI=1S/C15H30O2.C5H11NO2/c1-3-5-6-7-8-9-10-11-12-13-15(16)17-14-4-2;1-6(2,3)4-5(7)8/h3-14H2,1-2H3;4H2,1-3H3. The molecule has 0 atom stereocenters. The lowest BCUT2D eigenvalue weighted by molar-refractivity contribution is -0.864. The molecule has 0 saturated heterocycles. The number of aliphatic carboxylic acids is 1. The molecule has 25 heavy (non-hydrogen) atoms. The maximum atomic E-state index is 11.2. The quantitative estimate of drug-likeness (QED) is 0.271. The molecule has 0 aromatic carbocycles. The summed E-state index contributed by atoms with van der Waals surface area (Å²) in [7, 11) is 5.40. The fourth-order valence-corrected chi connectivity index (χ4v) is 2.26. The van der Waals surface area contributed by atoms with Crippen molar-refractivity contribution in [3.05, 3.63) is 0 Å². The van der Waals surface area contributed by atoms with Gasteiger partial charge < -0.3 is 19.1 Å². The van der Waals surface area contributed by atoms with Gasteiger partial charge in [-0.1, -0.05) is 65.2 Å². The van der Waals surface area contributed by atoms with Crippen molar-refractivity contribution in [2.45, 2.75) is 84.5 Å². The lowest BCUT2D eigenvalue weighted by Crippen LogP contribution is -2.45. The van der Waals surface area contributed by atoms with Crippen LogP contribution in [0.3, 0.4) is 0 Å². The molecule has 0 saturated carbocycles. The van der Waals surface area contributed by atoms with E-state index >= 15 is 0 Å². The van der Waals surface area contributed by atoms with Crippen LogP contribution in [0.4, 0.5) is 0 Å². The van der Waals surface area contributed by atoms with Crippen LogP contribution in [0.15, 0.2) is 0 Å². The highest BCUT2D eigenvalue weighted by molar-refractivity contribution is 5.69. The number of nitrogens with zero attached hydrogens (tertiary/aromatic N) is 1. The number of ether oxygens (including phenoxy) is 1. The molecule has 5 nitrogen and oxygen atoms in total. The first-order valence-electron chi connectivity index (χ1n) is 9.88. The molecule has 0 aliphatic carbocycles. The van der Waals surface area contributed by atoms with E-state index in [2.05, 4.69) is 6.92 Å². The molecular formula is C20H41NO4. The number of unbranched alkanes of at least 4 members (excludes halogenated alkanes) is 8. The SMILES string of the molecule is CCCCCCCCCCCC(=O)OCCC.C[N+](C)(C)CC(=O)[O-]. The van der Waals surface area contributed by atoms with Crippen LogP contribution in [0.1, 0.15) is 84.5 Å². The highest BCUT2D eigenvalue weighted by atomic mass is 16.5. The Bertz CT molecular complexity index is 324. The van der Waals surface area contributed by atoms with Crippen LogP contribution in [0.2, 0.25) is 0 Å². The Hall–Kier alpha value is -1.10. The summed E-state index contributed by atoms with van der Waals surface area (Å²) in [5, 5.41) is 9.89. The average Bonchev–Trinajstić information content (AvgIpc) is 2.49. The van der Waals surface area contributed by atoms with Gasteiger partial charge >= 0.3 is 5.97 Å². The molecule has 0 aliphatic rings. The summed E-state index contributed by atoms with van der Waals surface area (Å²) in [6, 6.07) is 0. The summed E-state index contributed by atoms with van der Waals surface area (Å²) in [5.74, 6) is -1.02. The summed E-state index contributed by atoms with van der Waals surface area (Å²) in [5.41, 5.74) is 0. The zero-order valence-electron chi connectivity index (χ0n) is 17.3. The molecule has 0 bridgehead atoms. The Morgan fingerprint density at radius 3 is 1.64 bits per heavy atom. The number of esters is 1. The minimum atomic E-state index is -1.00. The molecule has 0 radical (unpaired) electrons. The first-order valence-corrected chi connectivity index (χ1v) is 9.88. The number of hydrogen-bond donors (Lipinski definition) is 0. The molecule has 0 spiro atoms. The van der Waals surface area contributed by atoms with Gasteiger partial charge in [-0.2, -0.15) is 0 Å². The van der Waals surface area contributed by atoms with Crippen LogP contribution >= 0.6 is 0 Å². The van der Waals surface area contributed by atoms with Gasteiger partial charge in [0.1, 0.15) is 6.54 Å². The molecule has 150 valence electrons. The Kier molecular flexibility index (Phi) is 18.5. The van der Waals surface area contributed by atoms with Crippen molar-refractivity contribution in [2.75, 3.05) is 34.3 Å².